The molecule has 8 heteroatoms. The molecule has 0 aliphatic carbocycles. The van der Waals surface area contributed by atoms with Crippen molar-refractivity contribution in [3.05, 3.63) is 96.1 Å². The first kappa shape index (κ1) is 22.1. The number of hydrogen-bond donors (Lipinski definition) is 0. The fraction of sp³-hybridized carbons (Fsp3) is 0.167. The fourth-order valence-electron chi connectivity index (χ4n) is 3.50. The molecule has 166 valence electrons. The molecule has 3 aromatic carbocycles. The smallest absolute Gasteiger partial charge is 0.262 e. The van der Waals surface area contributed by atoms with Crippen LogP contribution in [0.25, 0.3) is 0 Å². The molecule has 6 nitrogen and oxygen atoms in total. The van der Waals surface area contributed by atoms with Crippen molar-refractivity contribution in [1.29, 1.82) is 0 Å². The first-order chi connectivity index (χ1) is 15.2. The Morgan fingerprint density at radius 2 is 0.969 bits per heavy atom. The van der Waals surface area contributed by atoms with Gasteiger partial charge in [-0.2, -0.15) is 0 Å². The molecular formula is C24H24N2O4S2. The third-order valence-electron chi connectivity index (χ3n) is 5.33. The van der Waals surface area contributed by atoms with Crippen LogP contribution in [0.2, 0.25) is 0 Å². The number of rotatable bonds is 4. The van der Waals surface area contributed by atoms with Crippen LogP contribution in [-0.2, 0) is 20.0 Å². The molecule has 0 spiro atoms. The summed E-state index contributed by atoms with van der Waals surface area (Å²) in [5.74, 6) is 0. The Bertz CT molecular complexity index is 1260. The van der Waals surface area contributed by atoms with Crippen LogP contribution in [0, 0.1) is 13.8 Å². The van der Waals surface area contributed by atoms with Gasteiger partial charge in [-0.15, -0.1) is 0 Å². The molecular weight excluding hydrogens is 444 g/mol. The monoisotopic (exact) mass is 468 g/mol. The van der Waals surface area contributed by atoms with E-state index < -0.39 is 20.0 Å². The van der Waals surface area contributed by atoms with Crippen molar-refractivity contribution in [2.24, 2.45) is 0 Å². The zero-order valence-electron chi connectivity index (χ0n) is 17.8. The molecule has 1 heterocycles. The largest absolute Gasteiger partial charge is 0.264 e. The van der Waals surface area contributed by atoms with Gasteiger partial charge in [0, 0.05) is 0 Å². The third-order valence-corrected chi connectivity index (χ3v) is 8.95. The molecule has 4 rings (SSSR count). The van der Waals surface area contributed by atoms with E-state index in [0.717, 1.165) is 11.1 Å². The number of fused-ring (bicyclic) bond motifs is 2. The van der Waals surface area contributed by atoms with Gasteiger partial charge in [-0.25, -0.2) is 16.8 Å². The van der Waals surface area contributed by atoms with E-state index in [9.17, 15) is 16.8 Å². The Morgan fingerprint density at radius 3 is 1.34 bits per heavy atom. The molecule has 0 fully saturated rings. The quantitative estimate of drug-likeness (QED) is 0.536. The van der Waals surface area contributed by atoms with Crippen molar-refractivity contribution in [2.75, 3.05) is 21.7 Å². The number of hydrogen-bond acceptors (Lipinski definition) is 4. The van der Waals surface area contributed by atoms with Crippen molar-refractivity contribution in [3.63, 3.8) is 0 Å². The second kappa shape index (κ2) is 8.44. The van der Waals surface area contributed by atoms with Crippen LogP contribution in [0.4, 0.5) is 11.4 Å². The Hall–Kier alpha value is -3.10. The lowest BCUT2D eigenvalue weighted by Crippen LogP contribution is -2.31. The van der Waals surface area contributed by atoms with Crippen LogP contribution in [0.5, 0.6) is 0 Å². The zero-order chi connectivity index (χ0) is 22.9. The summed E-state index contributed by atoms with van der Waals surface area (Å²) in [6.45, 7) is 3.98. The van der Waals surface area contributed by atoms with E-state index in [1.54, 1.807) is 84.9 Å². The zero-order valence-corrected chi connectivity index (χ0v) is 19.5. The van der Waals surface area contributed by atoms with Crippen LogP contribution >= 0.6 is 0 Å². The van der Waals surface area contributed by atoms with Crippen molar-refractivity contribution < 1.29 is 16.8 Å². The van der Waals surface area contributed by atoms with Crippen LogP contribution in [0.3, 0.4) is 0 Å². The van der Waals surface area contributed by atoms with E-state index in [2.05, 4.69) is 0 Å². The predicted molar refractivity (Wildman–Crippen MR) is 127 cm³/mol. The number of anilines is 2. The lowest BCUT2D eigenvalue weighted by Gasteiger charge is -2.25. The summed E-state index contributed by atoms with van der Waals surface area (Å²) in [7, 11) is -7.66. The maximum atomic E-state index is 13.4. The molecule has 3 aromatic rings. The summed E-state index contributed by atoms with van der Waals surface area (Å²) in [6, 6.07) is 20.0. The van der Waals surface area contributed by atoms with E-state index >= 15 is 0 Å². The Morgan fingerprint density at radius 1 is 0.594 bits per heavy atom. The van der Waals surface area contributed by atoms with Gasteiger partial charge in [-0.1, -0.05) is 53.6 Å². The number of nitrogens with zero attached hydrogens (tertiary/aromatic N) is 2. The summed E-state index contributed by atoms with van der Waals surface area (Å²) in [6.07, 6.45) is 3.36. The van der Waals surface area contributed by atoms with Crippen LogP contribution in [-0.4, -0.2) is 29.9 Å². The van der Waals surface area contributed by atoms with E-state index in [4.69, 9.17) is 0 Å². The van der Waals surface area contributed by atoms with Gasteiger partial charge in [0.05, 0.1) is 34.3 Å². The molecule has 0 saturated heterocycles. The average molecular weight is 469 g/mol. The first-order valence-corrected chi connectivity index (χ1v) is 13.0. The highest BCUT2D eigenvalue weighted by molar-refractivity contribution is 7.93. The SMILES string of the molecule is Cc1ccc(S(=O)(=O)N2C/C=C\CN(S(=O)(=O)c3ccc(C)cc3)c3cccc2c3)cc1. The van der Waals surface area contributed by atoms with Gasteiger partial charge in [0.2, 0.25) is 0 Å². The normalized spacial score (nSPS) is 15.6. The van der Waals surface area contributed by atoms with Crippen molar-refractivity contribution >= 4 is 31.4 Å². The Balaban J connectivity index is 1.79. The summed E-state index contributed by atoms with van der Waals surface area (Å²) in [5, 5.41) is 0. The maximum Gasteiger partial charge on any atom is 0.264 e. The molecule has 0 N–H and O–H groups in total. The third kappa shape index (κ3) is 4.16. The van der Waals surface area contributed by atoms with Gasteiger partial charge in [0.25, 0.3) is 20.0 Å². The second-order valence-electron chi connectivity index (χ2n) is 7.69. The minimum atomic E-state index is -3.83. The van der Waals surface area contributed by atoms with E-state index in [1.165, 1.54) is 8.61 Å². The topological polar surface area (TPSA) is 74.8 Å². The van der Waals surface area contributed by atoms with Crippen molar-refractivity contribution in [1.82, 2.24) is 0 Å². The molecule has 0 saturated carbocycles. The lowest BCUT2D eigenvalue weighted by molar-refractivity contribution is 0.591. The molecule has 1 aliphatic heterocycles. The highest BCUT2D eigenvalue weighted by Crippen LogP contribution is 2.31. The number of aryl methyl sites for hydroxylation is 2. The fourth-order valence-corrected chi connectivity index (χ4v) is 6.32. The van der Waals surface area contributed by atoms with Gasteiger partial charge >= 0.3 is 0 Å². The van der Waals surface area contributed by atoms with Gasteiger partial charge in [-0.3, -0.25) is 8.61 Å². The van der Waals surface area contributed by atoms with Crippen molar-refractivity contribution in [2.45, 2.75) is 23.6 Å². The van der Waals surface area contributed by atoms with Crippen LogP contribution in [0.15, 0.2) is 94.7 Å². The summed E-state index contributed by atoms with van der Waals surface area (Å²) >= 11 is 0. The molecule has 0 aromatic heterocycles. The number of sulfonamides is 2. The highest BCUT2D eigenvalue weighted by Gasteiger charge is 2.28. The molecule has 1 aliphatic rings. The van der Waals surface area contributed by atoms with Gasteiger partial charge in [0.1, 0.15) is 0 Å². The second-order valence-corrected chi connectivity index (χ2v) is 11.4. The molecule has 2 bridgehead atoms. The van der Waals surface area contributed by atoms with E-state index in [0.29, 0.717) is 11.4 Å². The summed E-state index contributed by atoms with van der Waals surface area (Å²) in [4.78, 5) is 0.371. The standard InChI is InChI=1S/C24H24N2O4S2/c1-19-8-12-23(13-9-19)31(27,28)25-16-3-4-17-26(22-7-5-6-21(25)18-22)32(29,30)24-14-10-20(2)11-15-24/h3-15,18H,16-17H2,1-2H3/b4-3-. The maximum absolute atomic E-state index is 13.4. The van der Waals surface area contributed by atoms with Gasteiger partial charge < -0.3 is 0 Å². The van der Waals surface area contributed by atoms with Gasteiger partial charge in [-0.05, 0) is 56.3 Å². The van der Waals surface area contributed by atoms with Crippen LogP contribution < -0.4 is 8.61 Å². The first-order valence-electron chi connectivity index (χ1n) is 10.1. The molecule has 32 heavy (non-hydrogen) atoms. The molecule has 0 radical (unpaired) electrons. The minimum Gasteiger partial charge on any atom is -0.262 e. The predicted octanol–water partition coefficient (Wildman–Crippen LogP) is 4.26. The van der Waals surface area contributed by atoms with Crippen LogP contribution in [0.1, 0.15) is 11.1 Å². The summed E-state index contributed by atoms with van der Waals surface area (Å²) in [5.41, 5.74) is 2.73. The Kier molecular flexibility index (Phi) is 5.83. The van der Waals surface area contributed by atoms with Gasteiger partial charge in [0.15, 0.2) is 0 Å². The van der Waals surface area contributed by atoms with E-state index in [-0.39, 0.29) is 22.9 Å². The van der Waals surface area contributed by atoms with E-state index in [1.807, 2.05) is 13.8 Å². The van der Waals surface area contributed by atoms with Crippen molar-refractivity contribution in [3.8, 4) is 0 Å². The highest BCUT2D eigenvalue weighted by atomic mass is 32.2. The molecule has 0 amide bonds. The summed E-state index contributed by atoms with van der Waals surface area (Å²) < 4.78 is 56.1. The number of benzene rings is 3. The molecule has 0 atom stereocenters. The average Bonchev–Trinajstić information content (AvgIpc) is 2.82. The Labute approximate surface area is 189 Å². The minimum absolute atomic E-state index is 0.0953. The molecule has 0 unspecified atom stereocenters. The lowest BCUT2D eigenvalue weighted by atomic mass is 10.2.